The van der Waals surface area contributed by atoms with Crippen molar-refractivity contribution in [2.45, 2.75) is 32.0 Å². The summed E-state index contributed by atoms with van der Waals surface area (Å²) in [7, 11) is -2.75. The van der Waals surface area contributed by atoms with E-state index in [0.29, 0.717) is 31.0 Å². The van der Waals surface area contributed by atoms with Crippen LogP contribution >= 0.6 is 10.6 Å². The third kappa shape index (κ3) is 4.70. The molecule has 1 aromatic heterocycles. The second kappa shape index (κ2) is 8.81. The summed E-state index contributed by atoms with van der Waals surface area (Å²) in [5, 5.41) is 4.45. The van der Waals surface area contributed by atoms with E-state index >= 15 is 0 Å². The van der Waals surface area contributed by atoms with Gasteiger partial charge in [0.15, 0.2) is 0 Å². The molecular formula is C23H29N3O3S. The summed E-state index contributed by atoms with van der Waals surface area (Å²) < 4.78 is 21.2. The lowest BCUT2D eigenvalue weighted by Gasteiger charge is -2.47. The number of aromatic amines is 1. The van der Waals surface area contributed by atoms with Gasteiger partial charge in [-0.1, -0.05) is 48.5 Å². The molecule has 6 nitrogen and oxygen atoms in total. The lowest BCUT2D eigenvalue weighted by molar-refractivity contribution is 0.0679. The molecule has 30 heavy (non-hydrogen) atoms. The molecule has 0 bridgehead atoms. The molecule has 7 heteroatoms. The molecule has 4 N–H and O–H groups in total. The van der Waals surface area contributed by atoms with E-state index in [1.807, 2.05) is 67.6 Å². The molecule has 1 saturated heterocycles. The summed E-state index contributed by atoms with van der Waals surface area (Å²) in [5.41, 5.74) is 2.61. The average Bonchev–Trinajstić information content (AvgIpc) is 3.17. The van der Waals surface area contributed by atoms with Crippen molar-refractivity contribution in [2.24, 2.45) is 0 Å². The van der Waals surface area contributed by atoms with Crippen LogP contribution in [0.2, 0.25) is 0 Å². The summed E-state index contributed by atoms with van der Waals surface area (Å²) in [6.07, 6.45) is 0.697. The fourth-order valence-corrected chi connectivity index (χ4v) is 6.26. The van der Waals surface area contributed by atoms with Crippen molar-refractivity contribution in [3.05, 3.63) is 71.9 Å². The van der Waals surface area contributed by atoms with E-state index in [1.54, 1.807) is 4.90 Å². The Hall–Kier alpha value is -2.32. The molecule has 0 radical (unpaired) electrons. The Labute approximate surface area is 178 Å². The van der Waals surface area contributed by atoms with Gasteiger partial charge in [-0.05, 0) is 31.0 Å². The van der Waals surface area contributed by atoms with Gasteiger partial charge in [0.05, 0.1) is 17.5 Å². The largest absolute Gasteiger partial charge is 0.351 e. The maximum Gasteiger partial charge on any atom is 0.270 e. The highest BCUT2D eigenvalue weighted by atomic mass is 32.3. The summed E-state index contributed by atoms with van der Waals surface area (Å²) in [6.45, 7) is 3.11. The number of fused-ring (bicyclic) bond motifs is 1. The Morgan fingerprint density at radius 3 is 2.60 bits per heavy atom. The van der Waals surface area contributed by atoms with E-state index in [2.05, 4.69) is 10.3 Å². The lowest BCUT2D eigenvalue weighted by atomic mass is 10.1. The van der Waals surface area contributed by atoms with Gasteiger partial charge in [-0.3, -0.25) is 13.9 Å². The van der Waals surface area contributed by atoms with Crippen molar-refractivity contribution in [3.63, 3.8) is 0 Å². The van der Waals surface area contributed by atoms with E-state index in [1.165, 1.54) is 0 Å². The second-order valence-corrected chi connectivity index (χ2v) is 10.2. The van der Waals surface area contributed by atoms with Gasteiger partial charge in [-0.15, -0.1) is 0 Å². The molecular weight excluding hydrogens is 398 g/mol. The minimum atomic E-state index is -2.75. The number of benzene rings is 2. The molecule has 4 rings (SSSR count). The number of nitrogens with one attached hydrogen (secondary N) is 2. The predicted octanol–water partition coefficient (Wildman–Crippen LogP) is 4.31. The van der Waals surface area contributed by atoms with Crippen molar-refractivity contribution < 1.29 is 13.9 Å². The molecule has 2 aromatic carbocycles. The fraction of sp³-hybridized carbons (Fsp3) is 0.348. The summed E-state index contributed by atoms with van der Waals surface area (Å²) >= 11 is 0. The van der Waals surface area contributed by atoms with Crippen molar-refractivity contribution in [2.75, 3.05) is 18.1 Å². The van der Waals surface area contributed by atoms with Crippen LogP contribution in [0.1, 0.15) is 29.4 Å². The standard InChI is InChI=1S/C23H29N3O3S/c1-2-26(23(27)22-12-18-10-6-7-11-21(18)25-22)20-13-19(15-30(28,29)16-20)24-14-17-8-4-3-5-9-17/h3-12,19-20,24-25,28-29H,2,13-16H2,1H3/t19-,20-/m1/s1. The monoisotopic (exact) mass is 427 g/mol. The van der Waals surface area contributed by atoms with Gasteiger partial charge in [0.1, 0.15) is 5.69 Å². The minimum absolute atomic E-state index is 0.0569. The maximum absolute atomic E-state index is 13.3. The molecule has 0 unspecified atom stereocenters. The van der Waals surface area contributed by atoms with Crippen LogP contribution in [0, 0.1) is 0 Å². The van der Waals surface area contributed by atoms with Crippen molar-refractivity contribution in [3.8, 4) is 0 Å². The van der Waals surface area contributed by atoms with Crippen LogP contribution in [-0.2, 0) is 6.54 Å². The Bertz CT molecular complexity index is 972. The number of rotatable bonds is 6. The third-order valence-corrected chi connectivity index (χ3v) is 7.58. The number of hydrogen-bond donors (Lipinski definition) is 4. The predicted molar refractivity (Wildman–Crippen MR) is 123 cm³/mol. The first-order valence-electron chi connectivity index (χ1n) is 10.3. The zero-order chi connectivity index (χ0) is 21.1. The van der Waals surface area contributed by atoms with E-state index in [9.17, 15) is 13.9 Å². The molecule has 2 atom stereocenters. The topological polar surface area (TPSA) is 88.6 Å². The third-order valence-electron chi connectivity index (χ3n) is 5.72. The average molecular weight is 428 g/mol. The van der Waals surface area contributed by atoms with Crippen molar-refractivity contribution in [1.29, 1.82) is 0 Å². The highest BCUT2D eigenvalue weighted by molar-refractivity contribution is 8.24. The fourth-order valence-electron chi connectivity index (χ4n) is 4.29. The Morgan fingerprint density at radius 2 is 1.87 bits per heavy atom. The second-order valence-electron chi connectivity index (χ2n) is 7.95. The molecule has 2 heterocycles. The molecule has 160 valence electrons. The summed E-state index contributed by atoms with van der Waals surface area (Å²) in [5.74, 6) is 0.461. The Balaban J connectivity index is 1.49. The van der Waals surface area contributed by atoms with Gasteiger partial charge in [0, 0.05) is 30.0 Å². The molecule has 1 aliphatic rings. The van der Waals surface area contributed by atoms with Gasteiger partial charge in [-0.25, -0.2) is 0 Å². The van der Waals surface area contributed by atoms with Crippen molar-refractivity contribution in [1.82, 2.24) is 15.2 Å². The molecule has 1 amide bonds. The quantitative estimate of drug-likeness (QED) is 0.472. The van der Waals surface area contributed by atoms with E-state index in [-0.39, 0.29) is 23.7 Å². The summed E-state index contributed by atoms with van der Waals surface area (Å²) in [6, 6.07) is 19.4. The zero-order valence-corrected chi connectivity index (χ0v) is 17.9. The first kappa shape index (κ1) is 20.9. The normalized spacial score (nSPS) is 22.0. The number of para-hydroxylation sites is 1. The van der Waals surface area contributed by atoms with Crippen LogP contribution in [0.5, 0.6) is 0 Å². The minimum Gasteiger partial charge on any atom is -0.351 e. The highest BCUT2D eigenvalue weighted by Gasteiger charge is 2.36. The van der Waals surface area contributed by atoms with Crippen LogP contribution in [0.15, 0.2) is 60.7 Å². The molecule has 0 spiro atoms. The molecule has 3 aromatic rings. The van der Waals surface area contributed by atoms with E-state index < -0.39 is 10.6 Å². The van der Waals surface area contributed by atoms with Gasteiger partial charge < -0.3 is 15.2 Å². The van der Waals surface area contributed by atoms with Crippen LogP contribution in [-0.4, -0.2) is 55.0 Å². The lowest BCUT2D eigenvalue weighted by Crippen LogP contribution is -2.52. The number of aromatic nitrogens is 1. The first-order chi connectivity index (χ1) is 14.4. The molecule has 0 aliphatic carbocycles. The van der Waals surface area contributed by atoms with Crippen LogP contribution < -0.4 is 5.32 Å². The van der Waals surface area contributed by atoms with Gasteiger partial charge in [0.2, 0.25) is 0 Å². The molecule has 1 fully saturated rings. The summed E-state index contributed by atoms with van der Waals surface area (Å²) in [4.78, 5) is 18.2. The Morgan fingerprint density at radius 1 is 1.13 bits per heavy atom. The maximum atomic E-state index is 13.3. The number of amides is 1. The van der Waals surface area contributed by atoms with Gasteiger partial charge >= 0.3 is 0 Å². The smallest absolute Gasteiger partial charge is 0.270 e. The van der Waals surface area contributed by atoms with Gasteiger partial charge in [0.25, 0.3) is 5.91 Å². The van der Waals surface area contributed by atoms with E-state index in [4.69, 9.17) is 0 Å². The number of nitrogens with zero attached hydrogens (tertiary/aromatic N) is 1. The highest BCUT2D eigenvalue weighted by Crippen LogP contribution is 2.45. The Kier molecular flexibility index (Phi) is 6.15. The first-order valence-corrected chi connectivity index (χ1v) is 12.2. The molecule has 1 aliphatic heterocycles. The SMILES string of the molecule is CCN(C(=O)c1cc2ccccc2[nH]1)[C@@H]1C[C@@H](NCc2ccccc2)CS(O)(O)C1. The zero-order valence-electron chi connectivity index (χ0n) is 17.1. The van der Waals surface area contributed by atoms with Crippen LogP contribution in [0.3, 0.4) is 0 Å². The van der Waals surface area contributed by atoms with Crippen molar-refractivity contribution >= 4 is 27.4 Å². The number of carbonyl (C=O) groups is 1. The van der Waals surface area contributed by atoms with Gasteiger partial charge in [-0.2, -0.15) is 10.6 Å². The van der Waals surface area contributed by atoms with Crippen LogP contribution in [0.25, 0.3) is 10.9 Å². The number of carbonyl (C=O) groups excluding carboxylic acids is 1. The molecule has 0 saturated carbocycles. The van der Waals surface area contributed by atoms with E-state index in [0.717, 1.165) is 16.5 Å². The number of H-pyrrole nitrogens is 1. The number of hydrogen-bond acceptors (Lipinski definition) is 4. The van der Waals surface area contributed by atoms with Crippen LogP contribution in [0.4, 0.5) is 0 Å².